The first-order chi connectivity index (χ1) is 8.47. The van der Waals surface area contributed by atoms with Crippen LogP contribution in [0.5, 0.6) is 0 Å². The Balaban J connectivity index is 1.84. The maximum atomic E-state index is 12.4. The molecule has 1 aromatic heterocycles. The normalized spacial score (nSPS) is 31.1. The molecule has 2 saturated carbocycles. The van der Waals surface area contributed by atoms with Crippen LogP contribution in [0.25, 0.3) is 0 Å². The zero-order chi connectivity index (χ0) is 12.9. The molecule has 0 amide bonds. The molecule has 0 spiro atoms. The molecule has 0 aromatic carbocycles. The van der Waals surface area contributed by atoms with E-state index in [2.05, 4.69) is 9.88 Å². The second-order valence-corrected chi connectivity index (χ2v) is 7.21. The summed E-state index contributed by atoms with van der Waals surface area (Å²) in [5.41, 5.74) is 0.433. The molecule has 0 saturated heterocycles. The lowest BCUT2D eigenvalue weighted by molar-refractivity contribution is 0.386. The van der Waals surface area contributed by atoms with Crippen LogP contribution in [0.4, 0.5) is 0 Å². The number of nitrogens with one attached hydrogen (secondary N) is 1. The van der Waals surface area contributed by atoms with Gasteiger partial charge in [0.25, 0.3) is 0 Å². The van der Waals surface area contributed by atoms with E-state index in [1.54, 1.807) is 13.8 Å². The van der Waals surface area contributed by atoms with Crippen molar-refractivity contribution in [3.8, 4) is 0 Å². The second-order valence-electron chi connectivity index (χ2n) is 5.56. The molecule has 1 N–H and O–H groups in total. The average molecular weight is 270 g/mol. The number of hydrogen-bond donors (Lipinski definition) is 1. The van der Waals surface area contributed by atoms with Crippen molar-refractivity contribution < 1.29 is 12.9 Å². The third-order valence-electron chi connectivity index (χ3n) is 4.28. The van der Waals surface area contributed by atoms with Gasteiger partial charge in [-0.15, -0.1) is 0 Å². The van der Waals surface area contributed by atoms with Gasteiger partial charge >= 0.3 is 0 Å². The van der Waals surface area contributed by atoms with Crippen LogP contribution < -0.4 is 4.72 Å². The van der Waals surface area contributed by atoms with Gasteiger partial charge in [-0.25, -0.2) is 13.1 Å². The number of aromatic nitrogens is 1. The van der Waals surface area contributed by atoms with Crippen LogP contribution in [-0.2, 0) is 10.0 Å². The predicted molar refractivity (Wildman–Crippen MR) is 65.5 cm³/mol. The number of aryl methyl sites for hydroxylation is 2. The lowest BCUT2D eigenvalue weighted by atomic mass is 9.96. The summed E-state index contributed by atoms with van der Waals surface area (Å²) >= 11 is 0. The van der Waals surface area contributed by atoms with Crippen LogP contribution >= 0.6 is 0 Å². The van der Waals surface area contributed by atoms with E-state index in [4.69, 9.17) is 4.52 Å². The summed E-state index contributed by atoms with van der Waals surface area (Å²) in [4.78, 5) is 0.213. The summed E-state index contributed by atoms with van der Waals surface area (Å²) in [5, 5.41) is 3.71. The molecule has 0 aliphatic heterocycles. The average Bonchev–Trinajstić information content (AvgIpc) is 2.93. The monoisotopic (exact) mass is 270 g/mol. The van der Waals surface area contributed by atoms with Crippen LogP contribution in [-0.4, -0.2) is 19.6 Å². The van der Waals surface area contributed by atoms with Gasteiger partial charge in [0.15, 0.2) is 5.76 Å². The van der Waals surface area contributed by atoms with Gasteiger partial charge in [0.05, 0.1) is 0 Å². The summed E-state index contributed by atoms with van der Waals surface area (Å²) in [6.07, 6.45) is 4.57. The van der Waals surface area contributed by atoms with Gasteiger partial charge in [-0.05, 0) is 44.9 Å². The maximum Gasteiger partial charge on any atom is 0.246 e. The van der Waals surface area contributed by atoms with E-state index in [1.807, 2.05) is 0 Å². The molecule has 2 bridgehead atoms. The topological polar surface area (TPSA) is 72.2 Å². The number of hydrogen-bond acceptors (Lipinski definition) is 4. The fraction of sp³-hybridized carbons (Fsp3) is 0.750. The van der Waals surface area contributed by atoms with E-state index in [0.717, 1.165) is 12.8 Å². The van der Waals surface area contributed by atoms with Crippen molar-refractivity contribution in [3.05, 3.63) is 11.5 Å². The molecule has 2 aliphatic carbocycles. The summed E-state index contributed by atoms with van der Waals surface area (Å²) in [7, 11) is -3.49. The number of sulfonamides is 1. The van der Waals surface area contributed by atoms with E-state index in [9.17, 15) is 8.42 Å². The van der Waals surface area contributed by atoms with E-state index < -0.39 is 10.0 Å². The molecular weight excluding hydrogens is 252 g/mol. The molecule has 18 heavy (non-hydrogen) atoms. The van der Waals surface area contributed by atoms with Crippen LogP contribution in [0.2, 0.25) is 0 Å². The van der Waals surface area contributed by atoms with E-state index in [-0.39, 0.29) is 10.9 Å². The van der Waals surface area contributed by atoms with Crippen molar-refractivity contribution in [2.45, 2.75) is 50.5 Å². The smallest absolute Gasteiger partial charge is 0.246 e. The molecule has 3 atom stereocenters. The first-order valence-corrected chi connectivity index (χ1v) is 7.91. The molecule has 2 aliphatic rings. The lowest BCUT2D eigenvalue weighted by Crippen LogP contribution is -2.38. The molecule has 5 nitrogen and oxygen atoms in total. The Bertz CT molecular complexity index is 544. The molecular formula is C12H18N2O3S. The Kier molecular flexibility index (Phi) is 2.75. The largest absolute Gasteiger partial charge is 0.360 e. The van der Waals surface area contributed by atoms with E-state index in [1.165, 1.54) is 12.8 Å². The van der Waals surface area contributed by atoms with Crippen molar-refractivity contribution in [1.82, 2.24) is 9.88 Å². The SMILES string of the molecule is Cc1noc(C)c1S(=O)(=O)N[C@H]1C[C@H]2CC[C@H]1C2. The van der Waals surface area contributed by atoms with Gasteiger partial charge in [0.1, 0.15) is 10.6 Å². The zero-order valence-corrected chi connectivity index (χ0v) is 11.5. The molecule has 3 rings (SSSR count). The maximum absolute atomic E-state index is 12.4. The highest BCUT2D eigenvalue weighted by Gasteiger charge is 2.42. The van der Waals surface area contributed by atoms with Gasteiger partial charge in [-0.2, -0.15) is 0 Å². The van der Waals surface area contributed by atoms with Crippen molar-refractivity contribution in [3.63, 3.8) is 0 Å². The number of nitrogens with zero attached hydrogens (tertiary/aromatic N) is 1. The fourth-order valence-corrected chi connectivity index (χ4v) is 5.15. The fourth-order valence-electron chi connectivity index (χ4n) is 3.51. The Morgan fingerprint density at radius 1 is 1.28 bits per heavy atom. The minimum absolute atomic E-state index is 0.0995. The number of rotatable bonds is 3. The zero-order valence-electron chi connectivity index (χ0n) is 10.6. The molecule has 100 valence electrons. The molecule has 1 aromatic rings. The van der Waals surface area contributed by atoms with Crippen LogP contribution in [0.15, 0.2) is 9.42 Å². The highest BCUT2D eigenvalue weighted by Crippen LogP contribution is 2.44. The summed E-state index contributed by atoms with van der Waals surface area (Å²) in [6, 6.07) is 0.0995. The minimum Gasteiger partial charge on any atom is -0.360 e. The number of fused-ring (bicyclic) bond motifs is 2. The quantitative estimate of drug-likeness (QED) is 0.908. The van der Waals surface area contributed by atoms with Gasteiger partial charge in [0, 0.05) is 6.04 Å². The second kappa shape index (κ2) is 4.06. The standard InChI is InChI=1S/C12H18N2O3S/c1-7-12(8(2)17-13-7)18(15,16)14-11-6-9-3-4-10(11)5-9/h9-11,14H,3-6H2,1-2H3/t9-,10-,11-/m0/s1. The molecule has 2 fully saturated rings. The molecule has 0 unspecified atom stereocenters. The van der Waals surface area contributed by atoms with Crippen molar-refractivity contribution in [2.75, 3.05) is 0 Å². The molecule has 0 radical (unpaired) electrons. The van der Waals surface area contributed by atoms with Gasteiger partial charge in [0.2, 0.25) is 10.0 Å². The lowest BCUT2D eigenvalue weighted by Gasteiger charge is -2.22. The molecule has 1 heterocycles. The van der Waals surface area contributed by atoms with Crippen molar-refractivity contribution >= 4 is 10.0 Å². The van der Waals surface area contributed by atoms with Gasteiger partial charge in [-0.3, -0.25) is 0 Å². The Labute approximate surface area is 107 Å². The first kappa shape index (κ1) is 12.2. The van der Waals surface area contributed by atoms with Gasteiger partial charge < -0.3 is 4.52 Å². The van der Waals surface area contributed by atoms with Crippen LogP contribution in [0.1, 0.15) is 37.1 Å². The van der Waals surface area contributed by atoms with Crippen molar-refractivity contribution in [1.29, 1.82) is 0 Å². The van der Waals surface area contributed by atoms with Crippen molar-refractivity contribution in [2.24, 2.45) is 11.8 Å². The highest BCUT2D eigenvalue weighted by atomic mass is 32.2. The third-order valence-corrected chi connectivity index (χ3v) is 6.01. The van der Waals surface area contributed by atoms with Gasteiger partial charge in [-0.1, -0.05) is 11.6 Å². The van der Waals surface area contributed by atoms with E-state index >= 15 is 0 Å². The summed E-state index contributed by atoms with van der Waals surface area (Å²) in [6.45, 7) is 3.29. The Morgan fingerprint density at radius 3 is 2.56 bits per heavy atom. The molecule has 6 heteroatoms. The summed E-state index contributed by atoms with van der Waals surface area (Å²) in [5.74, 6) is 1.60. The van der Waals surface area contributed by atoms with E-state index in [0.29, 0.717) is 23.3 Å². The van der Waals surface area contributed by atoms with Crippen LogP contribution in [0.3, 0.4) is 0 Å². The predicted octanol–water partition coefficient (Wildman–Crippen LogP) is 1.76. The Morgan fingerprint density at radius 2 is 2.06 bits per heavy atom. The van der Waals surface area contributed by atoms with Crippen LogP contribution in [0, 0.1) is 25.7 Å². The minimum atomic E-state index is -3.49. The third kappa shape index (κ3) is 1.87. The Hall–Kier alpha value is -0.880. The summed E-state index contributed by atoms with van der Waals surface area (Å²) < 4.78 is 32.5. The first-order valence-electron chi connectivity index (χ1n) is 6.42. The highest BCUT2D eigenvalue weighted by molar-refractivity contribution is 7.89.